The normalized spacial score (nSPS) is 11.5. The molecular weight excluding hydrogens is 651 g/mol. The zero-order valence-electron chi connectivity index (χ0n) is 27.8. The van der Waals surface area contributed by atoms with E-state index in [4.69, 9.17) is 14.2 Å². The Hall–Kier alpha value is -6.00. The summed E-state index contributed by atoms with van der Waals surface area (Å²) in [5.41, 5.74) is 2.19. The third kappa shape index (κ3) is 9.77. The fourth-order valence-electron chi connectivity index (χ4n) is 4.84. The number of amides is 3. The van der Waals surface area contributed by atoms with Gasteiger partial charge in [0.05, 0.1) is 19.5 Å². The average molecular weight is 688 g/mol. The van der Waals surface area contributed by atoms with Crippen molar-refractivity contribution in [1.82, 2.24) is 5.32 Å². The molecule has 0 aliphatic rings. The molecule has 1 atom stereocenters. The van der Waals surface area contributed by atoms with Crippen molar-refractivity contribution in [2.24, 2.45) is 0 Å². The molecule has 5 aromatic rings. The lowest BCUT2D eigenvalue weighted by atomic mass is 10.1. The van der Waals surface area contributed by atoms with Crippen molar-refractivity contribution in [2.45, 2.75) is 23.5 Å². The van der Waals surface area contributed by atoms with Crippen LogP contribution < -0.4 is 30.2 Å². The molecule has 9 nitrogen and oxygen atoms in total. The molecule has 0 fully saturated rings. The van der Waals surface area contributed by atoms with Crippen LogP contribution in [-0.4, -0.2) is 37.2 Å². The number of carbonyl (C=O) groups excluding carboxylic acids is 3. The van der Waals surface area contributed by atoms with Gasteiger partial charge in [0.1, 0.15) is 17.2 Å². The second kappa shape index (κ2) is 17.4. The Labute approximate surface area is 295 Å². The lowest BCUT2D eigenvalue weighted by molar-refractivity contribution is -0.116. The molecule has 0 saturated carbocycles. The van der Waals surface area contributed by atoms with Gasteiger partial charge in [-0.15, -0.1) is 11.8 Å². The van der Waals surface area contributed by atoms with Gasteiger partial charge in [-0.3, -0.25) is 14.4 Å². The quantitative estimate of drug-likeness (QED) is 0.0793. The summed E-state index contributed by atoms with van der Waals surface area (Å²) in [4.78, 5) is 40.8. The number of carbonyl (C=O) groups is 3. The minimum absolute atomic E-state index is 0.0233. The largest absolute Gasteiger partial charge is 0.493 e. The zero-order chi connectivity index (χ0) is 35.3. The molecule has 1 unspecified atom stereocenters. The first-order valence-electron chi connectivity index (χ1n) is 15.9. The molecule has 5 aromatic carbocycles. The second-order valence-electron chi connectivity index (χ2n) is 10.9. The highest BCUT2D eigenvalue weighted by Gasteiger charge is 2.20. The first-order chi connectivity index (χ1) is 24.3. The van der Waals surface area contributed by atoms with E-state index in [1.807, 2.05) is 43.3 Å². The molecule has 50 heavy (non-hydrogen) atoms. The van der Waals surface area contributed by atoms with Crippen LogP contribution in [0.2, 0.25) is 0 Å². The summed E-state index contributed by atoms with van der Waals surface area (Å²) in [5.74, 6) is 1.28. The van der Waals surface area contributed by atoms with Gasteiger partial charge >= 0.3 is 0 Å². The molecule has 3 N–H and O–H groups in total. The second-order valence-corrected chi connectivity index (χ2v) is 12.2. The van der Waals surface area contributed by atoms with Crippen molar-refractivity contribution in [1.29, 1.82) is 0 Å². The van der Waals surface area contributed by atoms with Crippen molar-refractivity contribution >= 4 is 46.9 Å². The smallest absolute Gasteiger partial charge is 0.272 e. The number of rotatable bonds is 14. The molecule has 0 spiro atoms. The number of hydrogen-bond acceptors (Lipinski definition) is 7. The van der Waals surface area contributed by atoms with Crippen molar-refractivity contribution in [2.75, 3.05) is 24.9 Å². The fourth-order valence-corrected chi connectivity index (χ4v) is 5.85. The van der Waals surface area contributed by atoms with Gasteiger partial charge in [-0.1, -0.05) is 55.5 Å². The first-order valence-corrected chi connectivity index (χ1v) is 16.7. The van der Waals surface area contributed by atoms with Gasteiger partial charge in [-0.05, 0) is 96.9 Å². The lowest BCUT2D eigenvalue weighted by Gasteiger charge is -2.16. The molecule has 254 valence electrons. The van der Waals surface area contributed by atoms with Crippen LogP contribution in [0.15, 0.2) is 138 Å². The third-order valence-corrected chi connectivity index (χ3v) is 8.74. The van der Waals surface area contributed by atoms with E-state index in [2.05, 4.69) is 16.0 Å². The number of thioether (sulfide) groups is 1. The molecule has 0 aliphatic carbocycles. The molecule has 0 aromatic heterocycles. The van der Waals surface area contributed by atoms with Gasteiger partial charge in [0.2, 0.25) is 5.91 Å². The summed E-state index contributed by atoms with van der Waals surface area (Å²) in [6.07, 6.45) is 2.14. The minimum atomic E-state index is -0.532. The van der Waals surface area contributed by atoms with E-state index >= 15 is 0 Å². The zero-order valence-corrected chi connectivity index (χ0v) is 28.7. The molecule has 0 aliphatic heterocycles. The van der Waals surface area contributed by atoms with Crippen molar-refractivity contribution in [3.63, 3.8) is 0 Å². The first kappa shape index (κ1) is 35.3. The molecule has 0 radical (unpaired) electrons. The summed E-state index contributed by atoms with van der Waals surface area (Å²) < 4.78 is 16.6. The van der Waals surface area contributed by atoms with E-state index in [1.165, 1.54) is 26.0 Å². The lowest BCUT2D eigenvalue weighted by Crippen LogP contribution is -2.30. The van der Waals surface area contributed by atoms with Crippen LogP contribution >= 0.6 is 11.8 Å². The van der Waals surface area contributed by atoms with Crippen LogP contribution in [0.4, 0.5) is 11.4 Å². The minimum Gasteiger partial charge on any atom is -0.493 e. The Morgan fingerprint density at radius 3 is 2.06 bits per heavy atom. The van der Waals surface area contributed by atoms with E-state index < -0.39 is 17.1 Å². The Morgan fingerprint density at radius 1 is 0.700 bits per heavy atom. The summed E-state index contributed by atoms with van der Waals surface area (Å²) in [6, 6.07) is 37.7. The highest BCUT2D eigenvalue weighted by atomic mass is 32.2. The van der Waals surface area contributed by atoms with Gasteiger partial charge in [-0.2, -0.15) is 0 Å². The number of methoxy groups -OCH3 is 2. The molecular formula is C40H37N3O6S. The van der Waals surface area contributed by atoms with Crippen LogP contribution in [-0.2, 0) is 9.59 Å². The summed E-state index contributed by atoms with van der Waals surface area (Å²) >= 11 is 1.39. The van der Waals surface area contributed by atoms with Gasteiger partial charge in [-0.25, -0.2) is 0 Å². The summed E-state index contributed by atoms with van der Waals surface area (Å²) in [5, 5.41) is 8.23. The van der Waals surface area contributed by atoms with Crippen molar-refractivity contribution in [3.05, 3.63) is 144 Å². The van der Waals surface area contributed by atoms with Gasteiger partial charge < -0.3 is 30.2 Å². The maximum atomic E-state index is 13.7. The van der Waals surface area contributed by atoms with Crippen LogP contribution in [0.3, 0.4) is 0 Å². The summed E-state index contributed by atoms with van der Waals surface area (Å²) in [6.45, 7) is 1.94. The van der Waals surface area contributed by atoms with E-state index in [-0.39, 0.29) is 11.6 Å². The number of anilines is 2. The van der Waals surface area contributed by atoms with Crippen molar-refractivity contribution < 1.29 is 28.6 Å². The van der Waals surface area contributed by atoms with E-state index in [0.29, 0.717) is 46.2 Å². The highest BCUT2D eigenvalue weighted by Crippen LogP contribution is 2.31. The Balaban J connectivity index is 1.27. The average Bonchev–Trinajstić information content (AvgIpc) is 3.15. The number of hydrogen-bond donors (Lipinski definition) is 3. The highest BCUT2D eigenvalue weighted by molar-refractivity contribution is 8.00. The molecule has 0 heterocycles. The van der Waals surface area contributed by atoms with Crippen LogP contribution in [0.1, 0.15) is 29.3 Å². The van der Waals surface area contributed by atoms with Crippen LogP contribution in [0.5, 0.6) is 23.0 Å². The third-order valence-electron chi connectivity index (χ3n) is 7.38. The SMILES string of the molecule is CCC(Sc1cccc(NC(=O)/C(=C\c2ccc(OC)c(OC)c2)NC(=O)c2ccccc2)c1)C(=O)Nc1ccc(Oc2ccccc2)cc1. The monoisotopic (exact) mass is 687 g/mol. The van der Waals surface area contributed by atoms with Crippen LogP contribution in [0.25, 0.3) is 6.08 Å². The van der Waals surface area contributed by atoms with E-state index in [9.17, 15) is 14.4 Å². The van der Waals surface area contributed by atoms with E-state index in [1.54, 1.807) is 97.1 Å². The number of benzene rings is 5. The van der Waals surface area contributed by atoms with Crippen molar-refractivity contribution in [3.8, 4) is 23.0 Å². The molecule has 3 amide bonds. The van der Waals surface area contributed by atoms with Crippen LogP contribution in [0, 0.1) is 0 Å². The number of ether oxygens (including phenoxy) is 3. The molecule has 0 saturated heterocycles. The number of para-hydroxylation sites is 1. The van der Waals surface area contributed by atoms with E-state index in [0.717, 1.165) is 10.6 Å². The maximum Gasteiger partial charge on any atom is 0.272 e. The Bertz CT molecular complexity index is 1950. The van der Waals surface area contributed by atoms with Gasteiger partial charge in [0.15, 0.2) is 11.5 Å². The Morgan fingerprint density at radius 2 is 1.38 bits per heavy atom. The molecule has 5 rings (SSSR count). The fraction of sp³-hybridized carbons (Fsp3) is 0.125. The number of nitrogens with one attached hydrogen (secondary N) is 3. The van der Waals surface area contributed by atoms with Gasteiger partial charge in [0, 0.05) is 21.8 Å². The summed E-state index contributed by atoms with van der Waals surface area (Å²) in [7, 11) is 3.06. The molecule has 10 heteroatoms. The predicted octanol–water partition coefficient (Wildman–Crippen LogP) is 8.42. The Kier molecular flexibility index (Phi) is 12.3. The standard InChI is InChI=1S/C40H37N3O6S/c1-4-37(40(46)41-29-19-21-32(22-20-29)49-31-15-9-6-10-16-31)50-33-17-11-14-30(26-33)42-39(45)34(43-38(44)28-12-7-5-8-13-28)24-27-18-23-35(47-2)36(25-27)48-3/h5-26,37H,4H2,1-3H3,(H,41,46)(H,42,45)(H,43,44)/b34-24+. The molecule has 0 bridgehead atoms. The predicted molar refractivity (Wildman–Crippen MR) is 198 cm³/mol. The van der Waals surface area contributed by atoms with Gasteiger partial charge in [0.25, 0.3) is 11.8 Å². The topological polar surface area (TPSA) is 115 Å². The maximum absolute atomic E-state index is 13.7.